The largest absolute Gasteiger partial charge is 0.351 e. The second kappa shape index (κ2) is 5.73. The second-order valence-corrected chi connectivity index (χ2v) is 8.46. The molecule has 5 rings (SSSR count). The lowest BCUT2D eigenvalue weighted by atomic mass is 9.49. The van der Waals surface area contributed by atoms with Crippen LogP contribution >= 0.6 is 11.6 Å². The van der Waals surface area contributed by atoms with Crippen LogP contribution in [0.3, 0.4) is 0 Å². The fourth-order valence-corrected chi connectivity index (χ4v) is 5.89. The number of amides is 1. The van der Waals surface area contributed by atoms with E-state index in [4.69, 9.17) is 11.6 Å². The highest BCUT2D eigenvalue weighted by molar-refractivity contribution is 6.31. The van der Waals surface area contributed by atoms with E-state index in [9.17, 15) is 14.9 Å². The number of nitrogens with one attached hydrogen (secondary N) is 1. The van der Waals surface area contributed by atoms with Crippen molar-refractivity contribution in [1.29, 1.82) is 0 Å². The molecule has 1 N–H and O–H groups in total. The first-order valence-corrected chi connectivity index (χ1v) is 9.04. The summed E-state index contributed by atoms with van der Waals surface area (Å²) in [4.78, 5) is 23.2. The van der Waals surface area contributed by atoms with Gasteiger partial charge in [0.2, 0.25) is 0 Å². The van der Waals surface area contributed by atoms with Gasteiger partial charge in [0, 0.05) is 17.6 Å². The lowest BCUT2D eigenvalue weighted by Crippen LogP contribution is -2.51. The molecule has 5 nitrogen and oxygen atoms in total. The minimum Gasteiger partial charge on any atom is -0.351 e. The molecule has 24 heavy (non-hydrogen) atoms. The van der Waals surface area contributed by atoms with Crippen LogP contribution < -0.4 is 5.32 Å². The predicted molar refractivity (Wildman–Crippen MR) is 91.0 cm³/mol. The fourth-order valence-electron chi connectivity index (χ4n) is 5.72. The number of carbonyl (C=O) groups is 1. The summed E-state index contributed by atoms with van der Waals surface area (Å²) in [6, 6.07) is 4.12. The Morgan fingerprint density at radius 1 is 1.21 bits per heavy atom. The molecule has 0 atom stereocenters. The molecule has 1 aromatic rings. The molecule has 0 unspecified atom stereocenters. The number of nitrogens with zero attached hydrogens (tertiary/aromatic N) is 1. The Labute approximate surface area is 145 Å². The molecule has 0 radical (unpaired) electrons. The number of hydrogen-bond donors (Lipinski definition) is 1. The molecule has 4 saturated carbocycles. The first-order chi connectivity index (χ1) is 11.4. The SMILES string of the molecule is O=C(NCC12CC3CC(CC(C3)C1)C2)c1cc(Cl)ccc1[N+](=O)[O-]. The lowest BCUT2D eigenvalue weighted by Gasteiger charge is -2.56. The van der Waals surface area contributed by atoms with Gasteiger partial charge in [-0.2, -0.15) is 0 Å². The van der Waals surface area contributed by atoms with Crippen molar-refractivity contribution in [3.05, 3.63) is 38.9 Å². The Bertz CT molecular complexity index is 668. The molecule has 0 heterocycles. The maximum atomic E-state index is 12.5. The van der Waals surface area contributed by atoms with Crippen molar-refractivity contribution in [1.82, 2.24) is 5.32 Å². The number of benzene rings is 1. The zero-order valence-corrected chi connectivity index (χ0v) is 14.2. The van der Waals surface area contributed by atoms with Crippen LogP contribution in [0, 0.1) is 33.3 Å². The van der Waals surface area contributed by atoms with Gasteiger partial charge in [-0.1, -0.05) is 11.6 Å². The topological polar surface area (TPSA) is 72.2 Å². The maximum absolute atomic E-state index is 12.5. The fraction of sp³-hybridized carbons (Fsp3) is 0.611. The molecule has 0 aromatic heterocycles. The number of nitro groups is 1. The molecule has 0 saturated heterocycles. The highest BCUT2D eigenvalue weighted by Crippen LogP contribution is 2.59. The molecule has 1 aromatic carbocycles. The summed E-state index contributed by atoms with van der Waals surface area (Å²) < 4.78 is 0. The summed E-state index contributed by atoms with van der Waals surface area (Å²) in [6.07, 6.45) is 7.64. The van der Waals surface area contributed by atoms with Crippen molar-refractivity contribution in [3.63, 3.8) is 0 Å². The Morgan fingerprint density at radius 2 is 1.79 bits per heavy atom. The summed E-state index contributed by atoms with van der Waals surface area (Å²) in [6.45, 7) is 0.624. The van der Waals surface area contributed by atoms with Gasteiger partial charge in [-0.05, 0) is 73.8 Å². The van der Waals surface area contributed by atoms with Gasteiger partial charge in [-0.15, -0.1) is 0 Å². The number of rotatable bonds is 4. The van der Waals surface area contributed by atoms with Crippen LogP contribution in [-0.4, -0.2) is 17.4 Å². The van der Waals surface area contributed by atoms with Gasteiger partial charge in [0.05, 0.1) is 4.92 Å². The molecule has 128 valence electrons. The molecule has 0 spiro atoms. The van der Waals surface area contributed by atoms with E-state index >= 15 is 0 Å². The zero-order chi connectivity index (χ0) is 16.9. The smallest absolute Gasteiger partial charge is 0.282 e. The van der Waals surface area contributed by atoms with Crippen LogP contribution in [0.5, 0.6) is 0 Å². The summed E-state index contributed by atoms with van der Waals surface area (Å²) in [5.41, 5.74) is 0.0669. The highest BCUT2D eigenvalue weighted by atomic mass is 35.5. The predicted octanol–water partition coefficient (Wildman–Crippen LogP) is 4.19. The summed E-state index contributed by atoms with van der Waals surface area (Å²) in [7, 11) is 0. The maximum Gasteiger partial charge on any atom is 0.282 e. The van der Waals surface area contributed by atoms with Gasteiger partial charge in [0.25, 0.3) is 11.6 Å². The van der Waals surface area contributed by atoms with Crippen molar-refractivity contribution in [3.8, 4) is 0 Å². The van der Waals surface area contributed by atoms with Crippen molar-refractivity contribution in [2.45, 2.75) is 38.5 Å². The third kappa shape index (κ3) is 2.79. The van der Waals surface area contributed by atoms with E-state index in [1.165, 1.54) is 56.7 Å². The van der Waals surface area contributed by atoms with Crippen LogP contribution in [0.4, 0.5) is 5.69 Å². The van der Waals surface area contributed by atoms with E-state index in [0.717, 1.165) is 17.8 Å². The van der Waals surface area contributed by atoms with E-state index in [1.54, 1.807) is 0 Å². The minimum atomic E-state index is -0.532. The van der Waals surface area contributed by atoms with Gasteiger partial charge in [0.15, 0.2) is 0 Å². The normalized spacial score (nSPS) is 33.5. The molecule has 4 aliphatic rings. The third-order valence-corrected chi connectivity index (χ3v) is 6.42. The van der Waals surface area contributed by atoms with E-state index < -0.39 is 4.92 Å². The number of carbonyl (C=O) groups excluding carboxylic acids is 1. The Balaban J connectivity index is 1.50. The quantitative estimate of drug-likeness (QED) is 0.654. The van der Waals surface area contributed by atoms with Gasteiger partial charge in [-0.3, -0.25) is 14.9 Å². The average Bonchev–Trinajstić information content (AvgIpc) is 2.51. The molecule has 4 fully saturated rings. The average molecular weight is 349 g/mol. The van der Waals surface area contributed by atoms with E-state index in [1.807, 2.05) is 0 Å². The standard InChI is InChI=1S/C18H21ClN2O3/c19-14-1-2-16(21(23)24)15(6-14)17(22)20-10-18-7-11-3-12(8-18)5-13(4-11)9-18/h1-2,6,11-13H,3-5,7-10H2,(H,20,22). The van der Waals surface area contributed by atoms with Gasteiger partial charge in [-0.25, -0.2) is 0 Å². The molecule has 4 bridgehead atoms. The van der Waals surface area contributed by atoms with Crippen molar-refractivity contribution < 1.29 is 9.72 Å². The van der Waals surface area contributed by atoms with E-state index in [-0.39, 0.29) is 22.6 Å². The number of nitro benzene ring substituents is 1. The van der Waals surface area contributed by atoms with Crippen molar-refractivity contribution in [2.75, 3.05) is 6.54 Å². The number of hydrogen-bond acceptors (Lipinski definition) is 3. The lowest BCUT2D eigenvalue weighted by molar-refractivity contribution is -0.385. The highest BCUT2D eigenvalue weighted by Gasteiger charge is 2.50. The molecule has 0 aliphatic heterocycles. The Morgan fingerprint density at radius 3 is 2.33 bits per heavy atom. The van der Waals surface area contributed by atoms with Gasteiger partial charge >= 0.3 is 0 Å². The first kappa shape index (κ1) is 15.9. The first-order valence-electron chi connectivity index (χ1n) is 8.66. The molecule has 6 heteroatoms. The Kier molecular flexibility index (Phi) is 3.79. The van der Waals surface area contributed by atoms with Gasteiger partial charge in [0.1, 0.15) is 5.56 Å². The molecule has 4 aliphatic carbocycles. The van der Waals surface area contributed by atoms with E-state index in [0.29, 0.717) is 11.6 Å². The van der Waals surface area contributed by atoms with Crippen LogP contribution in [0.1, 0.15) is 48.9 Å². The summed E-state index contributed by atoms with van der Waals surface area (Å²) in [5, 5.41) is 14.5. The van der Waals surface area contributed by atoms with Crippen LogP contribution in [0.2, 0.25) is 5.02 Å². The second-order valence-electron chi connectivity index (χ2n) is 8.02. The van der Waals surface area contributed by atoms with Crippen LogP contribution in [-0.2, 0) is 0 Å². The molecular formula is C18H21ClN2O3. The monoisotopic (exact) mass is 348 g/mol. The summed E-state index contributed by atoms with van der Waals surface area (Å²) in [5.74, 6) is 2.05. The van der Waals surface area contributed by atoms with E-state index in [2.05, 4.69) is 5.32 Å². The number of halogens is 1. The van der Waals surface area contributed by atoms with Crippen LogP contribution in [0.25, 0.3) is 0 Å². The van der Waals surface area contributed by atoms with Gasteiger partial charge < -0.3 is 5.32 Å². The molecule has 1 amide bonds. The third-order valence-electron chi connectivity index (χ3n) is 6.19. The van der Waals surface area contributed by atoms with Crippen molar-refractivity contribution >= 4 is 23.2 Å². The van der Waals surface area contributed by atoms with Crippen LogP contribution in [0.15, 0.2) is 18.2 Å². The zero-order valence-electron chi connectivity index (χ0n) is 13.5. The summed E-state index contributed by atoms with van der Waals surface area (Å²) >= 11 is 5.92. The van der Waals surface area contributed by atoms with Crippen molar-refractivity contribution in [2.24, 2.45) is 23.2 Å². The minimum absolute atomic E-state index is 0.0530. The molecular weight excluding hydrogens is 328 g/mol. The Hall–Kier alpha value is -1.62.